The van der Waals surface area contributed by atoms with E-state index in [1.54, 1.807) is 6.21 Å². The van der Waals surface area contributed by atoms with Crippen LogP contribution in [0.4, 0.5) is 0 Å². The molecule has 0 spiro atoms. The van der Waals surface area contributed by atoms with Crippen LogP contribution in [0.1, 0.15) is 31.9 Å². The number of ether oxygens (including phenoxy) is 1. The Hall–Kier alpha value is -3.14. The second kappa shape index (κ2) is 8.04. The van der Waals surface area contributed by atoms with Gasteiger partial charge in [-0.1, -0.05) is 75.4 Å². The van der Waals surface area contributed by atoms with Crippen LogP contribution in [0.5, 0.6) is 5.75 Å². The SMILES string of the molecule is CC(C)(C)c1ccc(C=NNC(=O)COc2ccc3ccccc3c2)cc1. The van der Waals surface area contributed by atoms with Crippen LogP contribution in [-0.2, 0) is 10.2 Å². The predicted octanol–water partition coefficient (Wildman–Crippen LogP) is 4.67. The Bertz CT molecular complexity index is 954. The number of hydrogen-bond acceptors (Lipinski definition) is 3. The highest BCUT2D eigenvalue weighted by atomic mass is 16.5. The smallest absolute Gasteiger partial charge is 0.277 e. The van der Waals surface area contributed by atoms with Crippen molar-refractivity contribution in [3.05, 3.63) is 77.9 Å². The van der Waals surface area contributed by atoms with Gasteiger partial charge >= 0.3 is 0 Å². The monoisotopic (exact) mass is 360 g/mol. The number of rotatable bonds is 5. The van der Waals surface area contributed by atoms with Crippen LogP contribution in [0.25, 0.3) is 10.8 Å². The third kappa shape index (κ3) is 5.17. The second-order valence-corrected chi connectivity index (χ2v) is 7.46. The molecule has 0 saturated carbocycles. The number of benzene rings is 3. The number of fused-ring (bicyclic) bond motifs is 1. The standard InChI is InChI=1S/C23H24N2O2/c1-23(2,3)20-11-8-17(9-12-20)15-24-25-22(26)16-27-21-13-10-18-6-4-5-7-19(18)14-21/h4-15H,16H2,1-3H3,(H,25,26). The van der Waals surface area contributed by atoms with E-state index in [4.69, 9.17) is 4.74 Å². The normalized spacial score (nSPS) is 11.7. The van der Waals surface area contributed by atoms with Crippen molar-refractivity contribution in [2.75, 3.05) is 6.61 Å². The van der Waals surface area contributed by atoms with Crippen LogP contribution in [0, 0.1) is 0 Å². The highest BCUT2D eigenvalue weighted by Crippen LogP contribution is 2.22. The van der Waals surface area contributed by atoms with Crippen molar-refractivity contribution in [2.24, 2.45) is 5.10 Å². The maximum Gasteiger partial charge on any atom is 0.277 e. The third-order valence-corrected chi connectivity index (χ3v) is 4.27. The summed E-state index contributed by atoms with van der Waals surface area (Å²) in [7, 11) is 0. The molecule has 4 heteroatoms. The van der Waals surface area contributed by atoms with Gasteiger partial charge in [0.1, 0.15) is 5.75 Å². The van der Waals surface area contributed by atoms with Crippen LogP contribution < -0.4 is 10.2 Å². The van der Waals surface area contributed by atoms with Crippen LogP contribution in [0.3, 0.4) is 0 Å². The summed E-state index contributed by atoms with van der Waals surface area (Å²) in [6.45, 7) is 6.43. The molecule has 0 radical (unpaired) electrons. The van der Waals surface area contributed by atoms with E-state index in [-0.39, 0.29) is 17.9 Å². The van der Waals surface area contributed by atoms with Gasteiger partial charge in [-0.15, -0.1) is 0 Å². The number of hydrogen-bond donors (Lipinski definition) is 1. The molecule has 0 aromatic heterocycles. The molecule has 1 N–H and O–H groups in total. The summed E-state index contributed by atoms with van der Waals surface area (Å²) in [5.74, 6) is 0.358. The molecule has 4 nitrogen and oxygen atoms in total. The van der Waals surface area contributed by atoms with Crippen molar-refractivity contribution in [3.8, 4) is 5.75 Å². The van der Waals surface area contributed by atoms with Crippen molar-refractivity contribution in [1.82, 2.24) is 5.43 Å². The largest absolute Gasteiger partial charge is 0.484 e. The fourth-order valence-electron chi connectivity index (χ4n) is 2.69. The molecular weight excluding hydrogens is 336 g/mol. The summed E-state index contributed by atoms with van der Waals surface area (Å²) in [6.07, 6.45) is 1.63. The van der Waals surface area contributed by atoms with Crippen molar-refractivity contribution >= 4 is 22.9 Å². The van der Waals surface area contributed by atoms with Crippen molar-refractivity contribution in [1.29, 1.82) is 0 Å². The maximum absolute atomic E-state index is 11.9. The van der Waals surface area contributed by atoms with Gasteiger partial charge < -0.3 is 4.74 Å². The van der Waals surface area contributed by atoms with Crippen molar-refractivity contribution in [2.45, 2.75) is 26.2 Å². The first-order chi connectivity index (χ1) is 12.9. The lowest BCUT2D eigenvalue weighted by Gasteiger charge is -2.18. The number of carbonyl (C=O) groups excluding carboxylic acids is 1. The zero-order chi connectivity index (χ0) is 19.3. The summed E-state index contributed by atoms with van der Waals surface area (Å²) in [6, 6.07) is 21.9. The summed E-state index contributed by atoms with van der Waals surface area (Å²) >= 11 is 0. The number of nitrogens with zero attached hydrogens (tertiary/aromatic N) is 1. The number of carbonyl (C=O) groups is 1. The molecule has 0 atom stereocenters. The Kier molecular flexibility index (Phi) is 5.55. The first-order valence-corrected chi connectivity index (χ1v) is 8.96. The molecule has 3 aromatic carbocycles. The van der Waals surface area contributed by atoms with Crippen LogP contribution in [-0.4, -0.2) is 18.7 Å². The minimum atomic E-state index is -0.300. The molecular formula is C23H24N2O2. The highest BCUT2D eigenvalue weighted by Gasteiger charge is 2.12. The lowest BCUT2D eigenvalue weighted by atomic mass is 9.87. The van der Waals surface area contributed by atoms with Crippen LogP contribution >= 0.6 is 0 Å². The van der Waals surface area contributed by atoms with Gasteiger partial charge in [-0.05, 0) is 39.4 Å². The van der Waals surface area contributed by atoms with Crippen LogP contribution in [0.2, 0.25) is 0 Å². The molecule has 0 saturated heterocycles. The number of hydrazone groups is 1. The fourth-order valence-corrected chi connectivity index (χ4v) is 2.69. The van der Waals surface area contributed by atoms with Gasteiger partial charge in [-0.3, -0.25) is 4.79 Å². The van der Waals surface area contributed by atoms with E-state index >= 15 is 0 Å². The molecule has 0 fully saturated rings. The number of amides is 1. The van der Waals surface area contributed by atoms with E-state index < -0.39 is 0 Å². The summed E-state index contributed by atoms with van der Waals surface area (Å²) in [5.41, 5.74) is 4.79. The molecule has 0 heterocycles. The highest BCUT2D eigenvalue weighted by molar-refractivity contribution is 5.84. The Balaban J connectivity index is 1.50. The molecule has 1 amide bonds. The van der Waals surface area contributed by atoms with E-state index in [0.29, 0.717) is 5.75 Å². The lowest BCUT2D eigenvalue weighted by molar-refractivity contribution is -0.123. The second-order valence-electron chi connectivity index (χ2n) is 7.46. The minimum Gasteiger partial charge on any atom is -0.484 e. The van der Waals surface area contributed by atoms with Gasteiger partial charge in [0, 0.05) is 0 Å². The maximum atomic E-state index is 11.9. The van der Waals surface area contributed by atoms with E-state index in [1.165, 1.54) is 5.56 Å². The van der Waals surface area contributed by atoms with Gasteiger partial charge in [0.15, 0.2) is 6.61 Å². The third-order valence-electron chi connectivity index (χ3n) is 4.27. The molecule has 0 aliphatic heterocycles. The predicted molar refractivity (Wildman–Crippen MR) is 110 cm³/mol. The van der Waals surface area contributed by atoms with E-state index in [1.807, 2.05) is 54.6 Å². The molecule has 0 bridgehead atoms. The molecule has 0 unspecified atom stereocenters. The van der Waals surface area contributed by atoms with Gasteiger partial charge in [-0.25, -0.2) is 5.43 Å². The lowest BCUT2D eigenvalue weighted by Crippen LogP contribution is -2.24. The van der Waals surface area contributed by atoms with E-state index in [9.17, 15) is 4.79 Å². The average molecular weight is 360 g/mol. The Morgan fingerprint density at radius 2 is 1.70 bits per heavy atom. The van der Waals surface area contributed by atoms with Gasteiger partial charge in [-0.2, -0.15) is 5.10 Å². The molecule has 0 aliphatic rings. The van der Waals surface area contributed by atoms with Gasteiger partial charge in [0.2, 0.25) is 0 Å². The van der Waals surface area contributed by atoms with Crippen molar-refractivity contribution in [3.63, 3.8) is 0 Å². The first kappa shape index (κ1) is 18.6. The molecule has 27 heavy (non-hydrogen) atoms. The Morgan fingerprint density at radius 3 is 2.41 bits per heavy atom. The van der Waals surface area contributed by atoms with E-state index in [0.717, 1.165) is 16.3 Å². The van der Waals surface area contributed by atoms with Gasteiger partial charge in [0.25, 0.3) is 5.91 Å². The van der Waals surface area contributed by atoms with E-state index in [2.05, 4.69) is 43.4 Å². The quantitative estimate of drug-likeness (QED) is 0.531. The molecule has 138 valence electrons. The average Bonchev–Trinajstić information content (AvgIpc) is 2.66. The van der Waals surface area contributed by atoms with Gasteiger partial charge in [0.05, 0.1) is 6.21 Å². The summed E-state index contributed by atoms with van der Waals surface area (Å²) < 4.78 is 5.55. The van der Waals surface area contributed by atoms with Crippen molar-refractivity contribution < 1.29 is 9.53 Å². The van der Waals surface area contributed by atoms with Crippen LogP contribution in [0.15, 0.2) is 71.8 Å². The zero-order valence-corrected chi connectivity index (χ0v) is 15.9. The Morgan fingerprint density at radius 1 is 1.00 bits per heavy atom. The Labute approximate surface area is 159 Å². The molecule has 3 rings (SSSR count). The summed E-state index contributed by atoms with van der Waals surface area (Å²) in [5, 5.41) is 6.20. The fraction of sp³-hybridized carbons (Fsp3) is 0.217. The minimum absolute atomic E-state index is 0.0847. The zero-order valence-electron chi connectivity index (χ0n) is 15.9. The topological polar surface area (TPSA) is 50.7 Å². The number of nitrogens with one attached hydrogen (secondary N) is 1. The summed E-state index contributed by atoms with van der Waals surface area (Å²) in [4.78, 5) is 11.9. The first-order valence-electron chi connectivity index (χ1n) is 8.96. The molecule has 0 aliphatic carbocycles. The molecule has 3 aromatic rings.